The number of rotatable bonds is 6. The number of benzene rings is 2. The molecule has 0 bridgehead atoms. The maximum absolute atomic E-state index is 13.2. The molecule has 1 aliphatic rings. The molecule has 0 saturated carbocycles. The van der Waals surface area contributed by atoms with E-state index in [2.05, 4.69) is 18.4 Å². The highest BCUT2D eigenvalue weighted by molar-refractivity contribution is 7.98. The number of thiazole rings is 1. The molecule has 6 heteroatoms. The van der Waals surface area contributed by atoms with E-state index in [1.807, 2.05) is 41.3 Å². The molecule has 1 atom stereocenters. The van der Waals surface area contributed by atoms with Gasteiger partial charge in [-0.25, -0.2) is 4.98 Å². The Morgan fingerprint density at radius 3 is 2.85 bits per heavy atom. The van der Waals surface area contributed by atoms with Gasteiger partial charge in [0, 0.05) is 11.5 Å². The van der Waals surface area contributed by atoms with E-state index in [0.717, 1.165) is 45.3 Å². The van der Waals surface area contributed by atoms with E-state index in [9.17, 15) is 4.79 Å². The summed E-state index contributed by atoms with van der Waals surface area (Å²) in [4.78, 5) is 21.0. The molecular formula is C21H22N2O2S2. The van der Waals surface area contributed by atoms with E-state index in [1.54, 1.807) is 23.1 Å². The van der Waals surface area contributed by atoms with Gasteiger partial charge >= 0.3 is 0 Å². The Balaban J connectivity index is 1.65. The first-order valence-electron chi connectivity index (χ1n) is 9.14. The SMILES string of the molecule is CSc1cccc2sc(N(C[C@H]3CCCO3)C(=O)Cc3ccccc3)nc12. The Morgan fingerprint density at radius 1 is 1.26 bits per heavy atom. The molecule has 4 nitrogen and oxygen atoms in total. The maximum atomic E-state index is 13.2. The molecule has 1 amide bonds. The van der Waals surface area contributed by atoms with Crippen LogP contribution in [0, 0.1) is 0 Å². The molecule has 0 aliphatic carbocycles. The van der Waals surface area contributed by atoms with Crippen molar-refractivity contribution in [2.75, 3.05) is 24.3 Å². The quantitative estimate of drug-likeness (QED) is 0.561. The number of ether oxygens (including phenoxy) is 1. The van der Waals surface area contributed by atoms with Gasteiger partial charge in [-0.3, -0.25) is 9.69 Å². The van der Waals surface area contributed by atoms with Gasteiger partial charge in [-0.1, -0.05) is 47.7 Å². The van der Waals surface area contributed by atoms with Crippen LogP contribution in [-0.2, 0) is 16.0 Å². The smallest absolute Gasteiger partial charge is 0.233 e. The van der Waals surface area contributed by atoms with Crippen LogP contribution in [0.5, 0.6) is 0 Å². The maximum Gasteiger partial charge on any atom is 0.233 e. The monoisotopic (exact) mass is 398 g/mol. The van der Waals surface area contributed by atoms with E-state index in [1.165, 1.54) is 0 Å². The van der Waals surface area contributed by atoms with Crippen molar-refractivity contribution in [1.82, 2.24) is 4.98 Å². The fourth-order valence-electron chi connectivity index (χ4n) is 3.34. The van der Waals surface area contributed by atoms with Crippen LogP contribution in [0.15, 0.2) is 53.4 Å². The number of fused-ring (bicyclic) bond motifs is 1. The van der Waals surface area contributed by atoms with E-state index in [-0.39, 0.29) is 12.0 Å². The first-order valence-corrected chi connectivity index (χ1v) is 11.2. The summed E-state index contributed by atoms with van der Waals surface area (Å²) >= 11 is 3.27. The minimum absolute atomic E-state index is 0.0708. The Kier molecular flexibility index (Phi) is 5.76. The lowest BCUT2D eigenvalue weighted by Gasteiger charge is -2.23. The molecule has 0 spiro atoms. The summed E-state index contributed by atoms with van der Waals surface area (Å²) in [5.41, 5.74) is 2.00. The number of nitrogens with zero attached hydrogens (tertiary/aromatic N) is 2. The fourth-order valence-corrected chi connectivity index (χ4v) is 4.98. The van der Waals surface area contributed by atoms with Crippen molar-refractivity contribution in [3.63, 3.8) is 0 Å². The molecule has 2 aromatic carbocycles. The molecule has 3 aromatic rings. The molecule has 1 aromatic heterocycles. The van der Waals surface area contributed by atoms with Crippen LogP contribution in [0.1, 0.15) is 18.4 Å². The molecule has 0 radical (unpaired) electrons. The second-order valence-corrected chi connectivity index (χ2v) is 8.46. The van der Waals surface area contributed by atoms with Crippen LogP contribution in [-0.4, -0.2) is 36.4 Å². The Hall–Kier alpha value is -1.89. The second-order valence-electron chi connectivity index (χ2n) is 6.61. The summed E-state index contributed by atoms with van der Waals surface area (Å²) in [7, 11) is 0. The third-order valence-electron chi connectivity index (χ3n) is 4.73. The first-order chi connectivity index (χ1) is 13.2. The minimum Gasteiger partial charge on any atom is -0.376 e. The van der Waals surface area contributed by atoms with Gasteiger partial charge < -0.3 is 4.74 Å². The predicted octanol–water partition coefficient (Wildman–Crippen LogP) is 4.77. The molecule has 2 heterocycles. The zero-order chi connectivity index (χ0) is 18.6. The number of anilines is 1. The average Bonchev–Trinajstić information content (AvgIpc) is 3.35. The van der Waals surface area contributed by atoms with Gasteiger partial charge in [0.2, 0.25) is 5.91 Å². The molecular weight excluding hydrogens is 376 g/mol. The first kappa shape index (κ1) is 18.5. The third kappa shape index (κ3) is 4.18. The number of thioether (sulfide) groups is 1. The van der Waals surface area contributed by atoms with E-state index >= 15 is 0 Å². The van der Waals surface area contributed by atoms with Gasteiger partial charge in [0.1, 0.15) is 0 Å². The number of amides is 1. The van der Waals surface area contributed by atoms with Gasteiger partial charge in [-0.15, -0.1) is 11.8 Å². The molecule has 27 heavy (non-hydrogen) atoms. The van der Waals surface area contributed by atoms with Crippen LogP contribution in [0.2, 0.25) is 0 Å². The standard InChI is InChI=1S/C21H22N2O2S2/c1-26-17-10-5-11-18-20(17)22-21(27-18)23(14-16-9-6-12-25-16)19(24)13-15-7-3-2-4-8-15/h2-5,7-8,10-11,16H,6,9,12-14H2,1H3/t16-/m1/s1. The largest absolute Gasteiger partial charge is 0.376 e. The Morgan fingerprint density at radius 2 is 2.11 bits per heavy atom. The van der Waals surface area contributed by atoms with Crippen LogP contribution in [0.3, 0.4) is 0 Å². The number of carbonyl (C=O) groups is 1. The fraction of sp³-hybridized carbons (Fsp3) is 0.333. The van der Waals surface area contributed by atoms with Gasteiger partial charge in [0.25, 0.3) is 0 Å². The summed E-state index contributed by atoms with van der Waals surface area (Å²) in [5, 5.41) is 0.767. The van der Waals surface area contributed by atoms with Crippen molar-refractivity contribution in [3.05, 3.63) is 54.1 Å². The summed E-state index contributed by atoms with van der Waals surface area (Å²) in [6, 6.07) is 16.1. The van der Waals surface area contributed by atoms with Crippen LogP contribution < -0.4 is 4.90 Å². The van der Waals surface area contributed by atoms with Gasteiger partial charge in [0.05, 0.1) is 29.3 Å². The third-order valence-corrected chi connectivity index (χ3v) is 6.54. The van der Waals surface area contributed by atoms with E-state index in [0.29, 0.717) is 13.0 Å². The lowest BCUT2D eigenvalue weighted by atomic mass is 10.1. The average molecular weight is 399 g/mol. The van der Waals surface area contributed by atoms with Crippen molar-refractivity contribution < 1.29 is 9.53 Å². The molecule has 1 fully saturated rings. The summed E-state index contributed by atoms with van der Waals surface area (Å²) in [6.07, 6.45) is 4.58. The normalized spacial score (nSPS) is 16.7. The van der Waals surface area contributed by atoms with E-state index < -0.39 is 0 Å². The molecule has 4 rings (SSSR count). The van der Waals surface area contributed by atoms with Crippen molar-refractivity contribution in [3.8, 4) is 0 Å². The zero-order valence-electron chi connectivity index (χ0n) is 15.3. The second kappa shape index (κ2) is 8.42. The van der Waals surface area contributed by atoms with Crippen LogP contribution in [0.25, 0.3) is 10.2 Å². The number of para-hydroxylation sites is 1. The van der Waals surface area contributed by atoms with Crippen molar-refractivity contribution in [1.29, 1.82) is 0 Å². The molecule has 140 valence electrons. The highest BCUT2D eigenvalue weighted by Gasteiger charge is 2.26. The van der Waals surface area contributed by atoms with E-state index in [4.69, 9.17) is 9.72 Å². The lowest BCUT2D eigenvalue weighted by molar-refractivity contribution is -0.118. The highest BCUT2D eigenvalue weighted by Crippen LogP contribution is 2.34. The molecule has 1 aliphatic heterocycles. The van der Waals surface area contributed by atoms with Gasteiger partial charge in [0.15, 0.2) is 5.13 Å². The summed E-state index contributed by atoms with van der Waals surface area (Å²) < 4.78 is 6.92. The summed E-state index contributed by atoms with van der Waals surface area (Å²) in [6.45, 7) is 1.35. The highest BCUT2D eigenvalue weighted by atomic mass is 32.2. The Labute approximate surface area is 167 Å². The van der Waals surface area contributed by atoms with Crippen molar-refractivity contribution in [2.45, 2.75) is 30.3 Å². The van der Waals surface area contributed by atoms with Gasteiger partial charge in [-0.05, 0) is 36.8 Å². The summed E-state index contributed by atoms with van der Waals surface area (Å²) in [5.74, 6) is 0.0708. The Bertz CT molecular complexity index is 920. The zero-order valence-corrected chi connectivity index (χ0v) is 16.9. The minimum atomic E-state index is 0.0708. The van der Waals surface area contributed by atoms with Crippen molar-refractivity contribution in [2.24, 2.45) is 0 Å². The molecule has 1 saturated heterocycles. The van der Waals surface area contributed by atoms with Gasteiger partial charge in [-0.2, -0.15) is 0 Å². The lowest BCUT2D eigenvalue weighted by Crippen LogP contribution is -2.38. The predicted molar refractivity (Wildman–Crippen MR) is 113 cm³/mol. The number of hydrogen-bond acceptors (Lipinski definition) is 5. The van der Waals surface area contributed by atoms with Crippen LogP contribution >= 0.6 is 23.1 Å². The number of aromatic nitrogens is 1. The number of carbonyl (C=O) groups excluding carboxylic acids is 1. The topological polar surface area (TPSA) is 42.4 Å². The van der Waals surface area contributed by atoms with Crippen molar-refractivity contribution >= 4 is 44.4 Å². The molecule has 0 N–H and O–H groups in total. The van der Waals surface area contributed by atoms with Crippen LogP contribution in [0.4, 0.5) is 5.13 Å². The number of hydrogen-bond donors (Lipinski definition) is 0. The molecule has 0 unspecified atom stereocenters.